The van der Waals surface area contributed by atoms with Gasteiger partial charge in [-0.05, 0) is 55.7 Å². The van der Waals surface area contributed by atoms with Crippen molar-refractivity contribution in [1.82, 2.24) is 15.0 Å². The zero-order valence-corrected chi connectivity index (χ0v) is 26.8. The van der Waals surface area contributed by atoms with Gasteiger partial charge in [0.25, 0.3) is 0 Å². The van der Waals surface area contributed by atoms with Crippen LogP contribution < -0.4 is 9.47 Å². The zero-order chi connectivity index (χ0) is 31.2. The Hall–Kier alpha value is -4.30. The van der Waals surface area contributed by atoms with Gasteiger partial charge in [-0.15, -0.1) is 11.8 Å². The number of ether oxygens (including phenoxy) is 2. The van der Waals surface area contributed by atoms with Gasteiger partial charge in [0.15, 0.2) is 0 Å². The molecule has 8 heteroatoms. The molecule has 0 amide bonds. The monoisotopic (exact) mass is 607 g/mol. The molecule has 6 rings (SSSR count). The Labute approximate surface area is 262 Å². The molecule has 0 saturated carbocycles. The predicted molar refractivity (Wildman–Crippen MR) is 175 cm³/mol. The first-order valence-corrected chi connectivity index (χ1v) is 15.6. The highest BCUT2D eigenvalue weighted by molar-refractivity contribution is 8.00. The van der Waals surface area contributed by atoms with Gasteiger partial charge < -0.3 is 19.6 Å². The molecule has 226 valence electrons. The molecular weight excluding hydrogens is 570 g/mol. The topological polar surface area (TPSA) is 97.3 Å². The number of rotatable bonds is 10. The molecule has 5 aromatic rings. The van der Waals surface area contributed by atoms with Gasteiger partial charge in [-0.25, -0.2) is 4.98 Å². The number of nitrogens with one attached hydrogen (secondary N) is 1. The van der Waals surface area contributed by atoms with E-state index in [0.29, 0.717) is 25.3 Å². The summed E-state index contributed by atoms with van der Waals surface area (Å²) in [6.45, 7) is 12.4. The molecule has 0 atom stereocenters. The summed E-state index contributed by atoms with van der Waals surface area (Å²) in [6.07, 6.45) is 4.58. The number of hydrogen-bond acceptors (Lipinski definition) is 6. The minimum absolute atomic E-state index is 0.118. The molecule has 2 N–H and O–H groups in total. The Morgan fingerprint density at radius 3 is 2.48 bits per heavy atom. The molecule has 1 aliphatic heterocycles. The maximum atomic E-state index is 12.2. The first-order chi connectivity index (χ1) is 20.9. The summed E-state index contributed by atoms with van der Waals surface area (Å²) >= 11 is 1.76. The maximum absolute atomic E-state index is 12.2. The summed E-state index contributed by atoms with van der Waals surface area (Å²) in [5.74, 6) is 1.41. The lowest BCUT2D eigenvalue weighted by atomic mass is 9.88. The second-order valence-corrected chi connectivity index (χ2v) is 14.9. The van der Waals surface area contributed by atoms with Gasteiger partial charge >= 0.3 is 5.97 Å². The van der Waals surface area contributed by atoms with Gasteiger partial charge in [-0.1, -0.05) is 51.1 Å². The number of fused-ring (bicyclic) bond motifs is 3. The molecule has 0 unspecified atom stereocenters. The highest BCUT2D eigenvalue weighted by Gasteiger charge is 2.32. The fourth-order valence-corrected chi connectivity index (χ4v) is 6.67. The predicted octanol–water partition coefficient (Wildman–Crippen LogP) is 8.75. The van der Waals surface area contributed by atoms with E-state index in [1.807, 2.05) is 49.5 Å². The largest absolute Gasteiger partial charge is 0.487 e. The molecule has 0 aliphatic carbocycles. The molecule has 0 radical (unpaired) electrons. The van der Waals surface area contributed by atoms with Crippen molar-refractivity contribution in [2.24, 2.45) is 5.41 Å². The molecule has 1 aliphatic rings. The lowest BCUT2D eigenvalue weighted by Crippen LogP contribution is -2.26. The first-order valence-electron chi connectivity index (χ1n) is 14.8. The number of H-pyrrole nitrogens is 1. The standard InChI is InChI=1S/C36H37N3O4S/c1-21-11-12-23(38-19-21)20-42-28-14-13-26-30(32(44-35(2,3)4)27(39-26)18-36(5,6)34(40)41)25(28)17-22-9-7-8-10-24(22)31-29-15-16-37-33(31)43-29/h7-16,19,39H,17-18,20H2,1-6H3,(H,40,41). The average molecular weight is 608 g/mol. The van der Waals surface area contributed by atoms with Gasteiger partial charge in [0.2, 0.25) is 5.88 Å². The van der Waals surface area contributed by atoms with Crippen LogP contribution in [0.1, 0.15) is 62.7 Å². The number of nitrogens with zero attached hydrogens (tertiary/aromatic N) is 2. The van der Waals surface area contributed by atoms with E-state index in [0.717, 1.165) is 66.5 Å². The van der Waals surface area contributed by atoms with E-state index in [1.165, 1.54) is 0 Å². The van der Waals surface area contributed by atoms with Crippen LogP contribution in [0.3, 0.4) is 0 Å². The van der Waals surface area contributed by atoms with E-state index in [1.54, 1.807) is 31.8 Å². The van der Waals surface area contributed by atoms with Gasteiger partial charge in [-0.2, -0.15) is 0 Å². The lowest BCUT2D eigenvalue weighted by Gasteiger charge is -2.24. The fraction of sp³-hybridized carbons (Fsp3) is 0.306. The third kappa shape index (κ3) is 5.91. The third-order valence-electron chi connectivity index (χ3n) is 7.75. The summed E-state index contributed by atoms with van der Waals surface area (Å²) in [5.41, 5.74) is 7.14. The van der Waals surface area contributed by atoms with Crippen molar-refractivity contribution < 1.29 is 19.4 Å². The first kappa shape index (κ1) is 29.8. The van der Waals surface area contributed by atoms with Crippen LogP contribution in [-0.4, -0.2) is 30.8 Å². The number of aromatic amines is 1. The van der Waals surface area contributed by atoms with Crippen LogP contribution in [0.25, 0.3) is 22.0 Å². The molecule has 2 aromatic carbocycles. The Kier molecular flexibility index (Phi) is 7.66. The van der Waals surface area contributed by atoms with Crippen LogP contribution >= 0.6 is 11.8 Å². The van der Waals surface area contributed by atoms with Crippen LogP contribution in [-0.2, 0) is 24.2 Å². The number of carbonyl (C=O) groups is 1. The summed E-state index contributed by atoms with van der Waals surface area (Å²) in [5, 5.41) is 11.1. The highest BCUT2D eigenvalue weighted by Crippen LogP contribution is 2.50. The van der Waals surface area contributed by atoms with E-state index in [9.17, 15) is 9.90 Å². The van der Waals surface area contributed by atoms with Crippen molar-refractivity contribution in [1.29, 1.82) is 0 Å². The number of carboxylic acids is 1. The number of benzene rings is 2. The second kappa shape index (κ2) is 11.3. The fourth-order valence-electron chi connectivity index (χ4n) is 5.47. The summed E-state index contributed by atoms with van der Waals surface area (Å²) in [7, 11) is 0. The maximum Gasteiger partial charge on any atom is 0.309 e. The van der Waals surface area contributed by atoms with E-state index < -0.39 is 11.4 Å². The SMILES string of the molecule is Cc1ccc(COc2ccc3[nH]c(CC(C)(C)C(=O)O)c(SC(C)(C)C)c3c2Cc2ccccc2-c2c3ccnc2O3)nc1. The Balaban J connectivity index is 1.52. The molecule has 3 aromatic heterocycles. The molecular formula is C36H37N3O4S. The molecule has 44 heavy (non-hydrogen) atoms. The van der Waals surface area contributed by atoms with Crippen molar-refractivity contribution >= 4 is 28.6 Å². The van der Waals surface area contributed by atoms with Crippen LogP contribution in [0.15, 0.2) is 71.9 Å². The number of thioether (sulfide) groups is 1. The normalized spacial score (nSPS) is 12.6. The summed E-state index contributed by atoms with van der Waals surface area (Å²) < 4.78 is 12.2. The van der Waals surface area contributed by atoms with Crippen molar-refractivity contribution in [2.75, 3.05) is 0 Å². The Morgan fingerprint density at radius 2 is 1.82 bits per heavy atom. The van der Waals surface area contributed by atoms with E-state index in [4.69, 9.17) is 9.47 Å². The Bertz CT molecular complexity index is 1850. The van der Waals surface area contributed by atoms with E-state index >= 15 is 0 Å². The number of aliphatic carboxylic acids is 1. The van der Waals surface area contributed by atoms with Crippen molar-refractivity contribution in [3.05, 3.63) is 95.1 Å². The molecule has 7 nitrogen and oxygen atoms in total. The minimum atomic E-state index is -0.943. The quantitative estimate of drug-likeness (QED) is 0.150. The average Bonchev–Trinajstić information content (AvgIpc) is 3.29. The summed E-state index contributed by atoms with van der Waals surface area (Å²) in [4.78, 5) is 25.8. The van der Waals surface area contributed by atoms with Crippen LogP contribution in [0.4, 0.5) is 0 Å². The smallest absolute Gasteiger partial charge is 0.309 e. The van der Waals surface area contributed by atoms with Crippen LogP contribution in [0, 0.1) is 12.3 Å². The molecule has 4 heterocycles. The number of pyridine rings is 2. The molecule has 0 spiro atoms. The zero-order valence-electron chi connectivity index (χ0n) is 25.9. The number of aryl methyl sites for hydroxylation is 1. The number of hydrogen-bond donors (Lipinski definition) is 2. The number of aromatic nitrogens is 3. The van der Waals surface area contributed by atoms with Crippen molar-refractivity contribution in [3.63, 3.8) is 0 Å². The second-order valence-electron chi connectivity index (χ2n) is 13.0. The third-order valence-corrected chi connectivity index (χ3v) is 9.02. The molecule has 0 fully saturated rings. The van der Waals surface area contributed by atoms with Crippen molar-refractivity contribution in [3.8, 4) is 28.5 Å². The van der Waals surface area contributed by atoms with Gasteiger partial charge in [0, 0.05) is 63.1 Å². The number of carboxylic acid groups (broad SMARTS) is 1. The Morgan fingerprint density at radius 1 is 1.02 bits per heavy atom. The van der Waals surface area contributed by atoms with Crippen LogP contribution in [0.5, 0.6) is 17.4 Å². The lowest BCUT2D eigenvalue weighted by molar-refractivity contribution is -0.146. The highest BCUT2D eigenvalue weighted by atomic mass is 32.2. The van der Waals surface area contributed by atoms with E-state index in [-0.39, 0.29) is 4.75 Å². The van der Waals surface area contributed by atoms with Crippen molar-refractivity contribution in [2.45, 2.75) is 70.6 Å². The van der Waals surface area contributed by atoms with Gasteiger partial charge in [0.1, 0.15) is 18.1 Å². The minimum Gasteiger partial charge on any atom is -0.487 e. The van der Waals surface area contributed by atoms with Gasteiger partial charge in [0.05, 0.1) is 16.7 Å². The summed E-state index contributed by atoms with van der Waals surface area (Å²) in [6, 6.07) is 18.3. The van der Waals surface area contributed by atoms with E-state index in [2.05, 4.69) is 53.9 Å². The van der Waals surface area contributed by atoms with Crippen LogP contribution in [0.2, 0.25) is 0 Å². The molecule has 2 bridgehead atoms. The van der Waals surface area contributed by atoms with Gasteiger partial charge in [-0.3, -0.25) is 9.78 Å². The molecule has 0 saturated heterocycles.